The lowest BCUT2D eigenvalue weighted by atomic mass is 10.0. The van der Waals surface area contributed by atoms with E-state index in [0.717, 1.165) is 6.07 Å². The van der Waals surface area contributed by atoms with Crippen molar-refractivity contribution in [3.63, 3.8) is 0 Å². The van der Waals surface area contributed by atoms with Crippen LogP contribution in [0.1, 0.15) is 16.8 Å². The Hall–Kier alpha value is -2.42. The molecule has 3 rings (SSSR count). The van der Waals surface area contributed by atoms with Gasteiger partial charge in [-0.05, 0) is 36.8 Å². The van der Waals surface area contributed by atoms with E-state index >= 15 is 0 Å². The van der Waals surface area contributed by atoms with Crippen molar-refractivity contribution in [1.82, 2.24) is 4.98 Å². The number of benzene rings is 1. The SMILES string of the molecule is NC(=O)c1cc(F)c(NC2CCOC[C@@H]2N)nc1Nc1ccc(Cl)cc1. The second kappa shape index (κ2) is 7.86. The number of hydrogen-bond acceptors (Lipinski definition) is 6. The summed E-state index contributed by atoms with van der Waals surface area (Å²) >= 11 is 5.87. The third-order valence-electron chi connectivity index (χ3n) is 4.07. The van der Waals surface area contributed by atoms with Gasteiger partial charge in [0.2, 0.25) is 0 Å². The maximum absolute atomic E-state index is 14.4. The highest BCUT2D eigenvalue weighted by Crippen LogP contribution is 2.25. The number of ether oxygens (including phenoxy) is 1. The van der Waals surface area contributed by atoms with Gasteiger partial charge in [-0.25, -0.2) is 9.37 Å². The summed E-state index contributed by atoms with van der Waals surface area (Å²) in [5.74, 6) is -1.33. The first kappa shape index (κ1) is 18.4. The minimum absolute atomic E-state index is 0.00573. The molecule has 0 spiro atoms. The number of anilines is 3. The van der Waals surface area contributed by atoms with E-state index in [1.807, 2.05) is 0 Å². The predicted octanol–water partition coefficient (Wildman–Crippen LogP) is 2.24. The Morgan fingerprint density at radius 2 is 2.04 bits per heavy atom. The zero-order valence-corrected chi connectivity index (χ0v) is 14.6. The van der Waals surface area contributed by atoms with Crippen molar-refractivity contribution < 1.29 is 13.9 Å². The number of pyridine rings is 1. The highest BCUT2D eigenvalue weighted by molar-refractivity contribution is 6.30. The van der Waals surface area contributed by atoms with Gasteiger partial charge in [0.25, 0.3) is 5.91 Å². The first-order valence-corrected chi connectivity index (χ1v) is 8.44. The number of nitrogens with zero attached hydrogens (tertiary/aromatic N) is 1. The number of primary amides is 1. The summed E-state index contributed by atoms with van der Waals surface area (Å²) in [6, 6.07) is 7.36. The van der Waals surface area contributed by atoms with Crippen molar-refractivity contribution in [3.05, 3.63) is 46.7 Å². The molecule has 138 valence electrons. The zero-order valence-electron chi connectivity index (χ0n) is 13.8. The van der Waals surface area contributed by atoms with Crippen molar-refractivity contribution in [2.45, 2.75) is 18.5 Å². The van der Waals surface area contributed by atoms with E-state index in [0.29, 0.717) is 30.3 Å². The number of hydrogen-bond donors (Lipinski definition) is 4. The molecule has 1 amide bonds. The zero-order chi connectivity index (χ0) is 18.7. The summed E-state index contributed by atoms with van der Waals surface area (Å²) in [5.41, 5.74) is 11.9. The Kier molecular flexibility index (Phi) is 5.55. The van der Waals surface area contributed by atoms with Gasteiger partial charge in [0.15, 0.2) is 11.6 Å². The average molecular weight is 380 g/mol. The Labute approximate surface area is 154 Å². The predicted molar refractivity (Wildman–Crippen MR) is 98.3 cm³/mol. The van der Waals surface area contributed by atoms with Crippen LogP contribution < -0.4 is 22.1 Å². The third-order valence-corrected chi connectivity index (χ3v) is 4.32. The van der Waals surface area contributed by atoms with Crippen LogP contribution in [-0.2, 0) is 4.74 Å². The first-order valence-electron chi connectivity index (χ1n) is 8.07. The van der Waals surface area contributed by atoms with E-state index in [1.165, 1.54) is 0 Å². The molecular weight excluding hydrogens is 361 g/mol. The topological polar surface area (TPSA) is 115 Å². The quantitative estimate of drug-likeness (QED) is 0.633. The molecule has 26 heavy (non-hydrogen) atoms. The summed E-state index contributed by atoms with van der Waals surface area (Å²) in [6.07, 6.45) is 0.625. The molecule has 0 saturated carbocycles. The molecule has 2 atom stereocenters. The summed E-state index contributed by atoms with van der Waals surface area (Å²) in [7, 11) is 0. The molecular formula is C17H19ClFN5O2. The van der Waals surface area contributed by atoms with Crippen LogP contribution in [0.4, 0.5) is 21.7 Å². The third kappa shape index (κ3) is 4.21. The van der Waals surface area contributed by atoms with Gasteiger partial charge in [-0.2, -0.15) is 0 Å². The van der Waals surface area contributed by atoms with Gasteiger partial charge in [-0.3, -0.25) is 4.79 Å². The molecule has 1 unspecified atom stereocenters. The van der Waals surface area contributed by atoms with Crippen LogP contribution in [0.25, 0.3) is 0 Å². The summed E-state index contributed by atoms with van der Waals surface area (Å²) in [6.45, 7) is 0.913. The lowest BCUT2D eigenvalue weighted by Gasteiger charge is -2.30. The van der Waals surface area contributed by atoms with E-state index in [9.17, 15) is 9.18 Å². The van der Waals surface area contributed by atoms with Gasteiger partial charge in [-0.15, -0.1) is 0 Å². The number of carbonyl (C=O) groups excluding carboxylic acids is 1. The summed E-state index contributed by atoms with van der Waals surface area (Å²) < 4.78 is 19.7. The fraction of sp³-hybridized carbons (Fsp3) is 0.294. The molecule has 6 N–H and O–H groups in total. The number of rotatable bonds is 5. The Balaban J connectivity index is 1.90. The molecule has 2 heterocycles. The van der Waals surface area contributed by atoms with Gasteiger partial charge < -0.3 is 26.8 Å². The largest absolute Gasteiger partial charge is 0.380 e. The van der Waals surface area contributed by atoms with Gasteiger partial charge in [0.05, 0.1) is 12.2 Å². The number of aromatic nitrogens is 1. The van der Waals surface area contributed by atoms with Crippen molar-refractivity contribution in [2.24, 2.45) is 11.5 Å². The molecule has 1 aromatic carbocycles. The van der Waals surface area contributed by atoms with E-state index in [-0.39, 0.29) is 29.3 Å². The minimum Gasteiger partial charge on any atom is -0.380 e. The van der Waals surface area contributed by atoms with Crippen molar-refractivity contribution in [1.29, 1.82) is 0 Å². The molecule has 1 aromatic heterocycles. The Bertz CT molecular complexity index is 802. The number of nitrogens with one attached hydrogen (secondary N) is 2. The van der Waals surface area contributed by atoms with Crippen molar-refractivity contribution in [2.75, 3.05) is 23.8 Å². The van der Waals surface area contributed by atoms with Crippen molar-refractivity contribution >= 4 is 34.8 Å². The number of nitrogens with two attached hydrogens (primary N) is 2. The van der Waals surface area contributed by atoms with E-state index in [2.05, 4.69) is 15.6 Å². The molecule has 1 aliphatic rings. The Morgan fingerprint density at radius 3 is 2.69 bits per heavy atom. The smallest absolute Gasteiger partial charge is 0.252 e. The monoisotopic (exact) mass is 379 g/mol. The minimum atomic E-state index is -0.790. The number of carbonyl (C=O) groups is 1. The molecule has 0 bridgehead atoms. The summed E-state index contributed by atoms with van der Waals surface area (Å²) in [4.78, 5) is 15.9. The van der Waals surface area contributed by atoms with Crippen molar-refractivity contribution in [3.8, 4) is 0 Å². The van der Waals surface area contributed by atoms with Crippen LogP contribution in [0, 0.1) is 5.82 Å². The molecule has 7 nitrogen and oxygen atoms in total. The van der Waals surface area contributed by atoms with Crippen LogP contribution >= 0.6 is 11.6 Å². The van der Waals surface area contributed by atoms with Gasteiger partial charge in [-0.1, -0.05) is 11.6 Å². The normalized spacial score (nSPS) is 19.8. The molecule has 1 saturated heterocycles. The second-order valence-corrected chi connectivity index (χ2v) is 6.43. The molecule has 1 aliphatic heterocycles. The lowest BCUT2D eigenvalue weighted by molar-refractivity contribution is 0.0751. The van der Waals surface area contributed by atoms with Crippen LogP contribution in [-0.4, -0.2) is 36.2 Å². The highest BCUT2D eigenvalue weighted by Gasteiger charge is 2.25. The van der Waals surface area contributed by atoms with Crippen LogP contribution in [0.2, 0.25) is 5.02 Å². The van der Waals surface area contributed by atoms with E-state index < -0.39 is 11.7 Å². The number of halogens is 2. The number of amides is 1. The second-order valence-electron chi connectivity index (χ2n) is 5.99. The maximum atomic E-state index is 14.4. The molecule has 2 aromatic rings. The molecule has 0 radical (unpaired) electrons. The molecule has 1 fully saturated rings. The van der Waals surface area contributed by atoms with Gasteiger partial charge in [0.1, 0.15) is 5.82 Å². The maximum Gasteiger partial charge on any atom is 0.252 e. The van der Waals surface area contributed by atoms with Gasteiger partial charge >= 0.3 is 0 Å². The first-order chi connectivity index (χ1) is 12.4. The van der Waals surface area contributed by atoms with Gasteiger partial charge in [0, 0.05) is 29.4 Å². The highest BCUT2D eigenvalue weighted by atomic mass is 35.5. The molecule has 0 aliphatic carbocycles. The fourth-order valence-corrected chi connectivity index (χ4v) is 2.78. The van der Waals surface area contributed by atoms with E-state index in [4.69, 9.17) is 27.8 Å². The average Bonchev–Trinajstić information content (AvgIpc) is 2.61. The Morgan fingerprint density at radius 1 is 1.31 bits per heavy atom. The summed E-state index contributed by atoms with van der Waals surface area (Å²) in [5, 5.41) is 6.52. The van der Waals surface area contributed by atoms with E-state index in [1.54, 1.807) is 24.3 Å². The van der Waals surface area contributed by atoms with Crippen LogP contribution in [0.5, 0.6) is 0 Å². The fourth-order valence-electron chi connectivity index (χ4n) is 2.66. The van der Waals surface area contributed by atoms with Crippen LogP contribution in [0.3, 0.4) is 0 Å². The lowest BCUT2D eigenvalue weighted by Crippen LogP contribution is -2.47. The van der Waals surface area contributed by atoms with Crippen LogP contribution in [0.15, 0.2) is 30.3 Å². The standard InChI is InChI=1S/C17H19ClFN5O2/c18-9-1-3-10(4-2-9)22-16-11(15(21)25)7-12(19)17(24-16)23-14-5-6-26-8-13(14)20/h1-4,7,13-14H,5-6,8,20H2,(H2,21,25)(H2,22,23,24)/t13-,14?/m0/s1. The molecule has 9 heteroatoms.